The lowest BCUT2D eigenvalue weighted by molar-refractivity contribution is 0.300. The van der Waals surface area contributed by atoms with E-state index in [1.807, 2.05) is 33.8 Å². The molecule has 0 amide bonds. The molecule has 1 rings (SSSR count). The lowest BCUT2D eigenvalue weighted by atomic mass is 9.87. The minimum Gasteiger partial charge on any atom is -0.492 e. The van der Waals surface area contributed by atoms with E-state index >= 15 is 0 Å². The van der Waals surface area contributed by atoms with E-state index < -0.39 is 10.1 Å². The van der Waals surface area contributed by atoms with Gasteiger partial charge < -0.3 is 4.74 Å². The third kappa shape index (κ3) is 4.51. The number of benzene rings is 1. The summed E-state index contributed by atoms with van der Waals surface area (Å²) in [5.74, 6) is 0.212. The zero-order valence-electron chi connectivity index (χ0n) is 11.9. The minimum atomic E-state index is -4.28. The van der Waals surface area contributed by atoms with Crippen LogP contribution in [0, 0.1) is 0 Å². The Labute approximate surface area is 115 Å². The maximum Gasteiger partial charge on any atom is 0.298 e. The molecule has 1 N–H and O–H groups in total. The number of hydrogen-bond acceptors (Lipinski definition) is 3. The van der Waals surface area contributed by atoms with Crippen LogP contribution in [-0.4, -0.2) is 19.6 Å². The fourth-order valence-corrected chi connectivity index (χ4v) is 2.28. The van der Waals surface area contributed by atoms with Crippen molar-refractivity contribution in [3.05, 3.63) is 23.8 Å². The van der Waals surface area contributed by atoms with Gasteiger partial charge in [-0.3, -0.25) is 4.55 Å². The molecule has 0 radical (unpaired) electrons. The second-order valence-electron chi connectivity index (χ2n) is 5.59. The van der Waals surface area contributed by atoms with Crippen LogP contribution >= 0.6 is 0 Å². The van der Waals surface area contributed by atoms with Crippen molar-refractivity contribution in [1.82, 2.24) is 0 Å². The molecule has 0 aromatic heterocycles. The summed E-state index contributed by atoms with van der Waals surface area (Å²) in [5, 5.41) is 0. The van der Waals surface area contributed by atoms with Crippen molar-refractivity contribution in [3.63, 3.8) is 0 Å². The van der Waals surface area contributed by atoms with Gasteiger partial charge in [-0.2, -0.15) is 8.42 Å². The lowest BCUT2D eigenvalue weighted by Crippen LogP contribution is -2.13. The Balaban J connectivity index is 3.19. The van der Waals surface area contributed by atoms with Crippen LogP contribution in [0.5, 0.6) is 5.75 Å². The van der Waals surface area contributed by atoms with E-state index in [0.717, 1.165) is 18.4 Å². The molecule has 0 saturated carbocycles. The maximum absolute atomic E-state index is 11.4. The summed E-state index contributed by atoms with van der Waals surface area (Å²) < 4.78 is 37.6. The first kappa shape index (κ1) is 16.0. The molecule has 0 bridgehead atoms. The minimum absolute atomic E-state index is 0.156. The highest BCUT2D eigenvalue weighted by Gasteiger charge is 2.22. The number of unbranched alkanes of at least 4 members (excludes halogenated alkanes) is 1. The van der Waals surface area contributed by atoms with Gasteiger partial charge in [0.2, 0.25) is 0 Å². The Hall–Kier alpha value is -1.07. The van der Waals surface area contributed by atoms with Crippen LogP contribution in [0.4, 0.5) is 0 Å². The molecule has 1 aromatic carbocycles. The standard InChI is InChI=1S/C14H22O4S/c1-5-6-9-18-12-8-7-11(14(2,3)4)10-13(12)19(15,16)17/h7-8,10H,5-6,9H2,1-4H3,(H,15,16,17). The van der Waals surface area contributed by atoms with E-state index in [0.29, 0.717) is 6.61 Å². The maximum atomic E-state index is 11.4. The van der Waals surface area contributed by atoms with Crippen molar-refractivity contribution in [2.24, 2.45) is 0 Å². The highest BCUT2D eigenvalue weighted by molar-refractivity contribution is 7.86. The summed E-state index contributed by atoms with van der Waals surface area (Å²) >= 11 is 0. The molecule has 0 atom stereocenters. The molecule has 0 fully saturated rings. The Morgan fingerprint density at radius 3 is 2.37 bits per heavy atom. The first-order chi connectivity index (χ1) is 8.66. The van der Waals surface area contributed by atoms with E-state index in [2.05, 4.69) is 0 Å². The zero-order chi connectivity index (χ0) is 14.7. The fourth-order valence-electron chi connectivity index (χ4n) is 1.62. The second kappa shape index (κ2) is 5.92. The largest absolute Gasteiger partial charge is 0.492 e. The monoisotopic (exact) mass is 286 g/mol. The summed E-state index contributed by atoms with van der Waals surface area (Å²) in [6, 6.07) is 4.92. The SMILES string of the molecule is CCCCOc1ccc(C(C)(C)C)cc1S(=O)(=O)O. The molecule has 5 heteroatoms. The molecule has 0 aliphatic rings. The highest BCUT2D eigenvalue weighted by atomic mass is 32.2. The van der Waals surface area contributed by atoms with Gasteiger partial charge in [0.25, 0.3) is 10.1 Å². The van der Waals surface area contributed by atoms with Crippen LogP contribution in [0.1, 0.15) is 46.1 Å². The quantitative estimate of drug-likeness (QED) is 0.665. The fraction of sp³-hybridized carbons (Fsp3) is 0.571. The van der Waals surface area contributed by atoms with Crippen LogP contribution < -0.4 is 4.74 Å². The molecule has 19 heavy (non-hydrogen) atoms. The van der Waals surface area contributed by atoms with Crippen LogP contribution in [0.25, 0.3) is 0 Å². The summed E-state index contributed by atoms with van der Waals surface area (Å²) in [6.07, 6.45) is 1.80. The van der Waals surface area contributed by atoms with Crippen LogP contribution in [-0.2, 0) is 15.5 Å². The van der Waals surface area contributed by atoms with Gasteiger partial charge in [-0.1, -0.05) is 40.2 Å². The summed E-state index contributed by atoms with van der Waals surface area (Å²) in [5.41, 5.74) is 0.643. The molecule has 4 nitrogen and oxygen atoms in total. The van der Waals surface area contributed by atoms with Gasteiger partial charge in [-0.15, -0.1) is 0 Å². The summed E-state index contributed by atoms with van der Waals surface area (Å²) in [7, 11) is -4.28. The van der Waals surface area contributed by atoms with Gasteiger partial charge in [0.15, 0.2) is 0 Å². The second-order valence-corrected chi connectivity index (χ2v) is 6.98. The third-order valence-corrected chi connectivity index (χ3v) is 3.72. The number of hydrogen-bond donors (Lipinski definition) is 1. The number of rotatable bonds is 5. The van der Waals surface area contributed by atoms with Gasteiger partial charge in [0, 0.05) is 0 Å². The van der Waals surface area contributed by atoms with E-state index in [4.69, 9.17) is 4.74 Å². The Morgan fingerprint density at radius 1 is 1.26 bits per heavy atom. The Bertz CT molecular complexity index is 527. The van der Waals surface area contributed by atoms with Crippen molar-refractivity contribution in [1.29, 1.82) is 0 Å². The first-order valence-corrected chi connectivity index (χ1v) is 7.85. The average Bonchev–Trinajstić information content (AvgIpc) is 2.27. The molecule has 1 aromatic rings. The van der Waals surface area contributed by atoms with Crippen molar-refractivity contribution in [3.8, 4) is 5.75 Å². The molecule has 0 aliphatic heterocycles. The van der Waals surface area contributed by atoms with Crippen molar-refractivity contribution in [2.45, 2.75) is 50.8 Å². The molecule has 0 aliphatic carbocycles. The van der Waals surface area contributed by atoms with E-state index in [9.17, 15) is 13.0 Å². The van der Waals surface area contributed by atoms with Crippen molar-refractivity contribution >= 4 is 10.1 Å². The smallest absolute Gasteiger partial charge is 0.298 e. The molecular weight excluding hydrogens is 264 g/mol. The zero-order valence-corrected chi connectivity index (χ0v) is 12.8. The van der Waals surface area contributed by atoms with E-state index in [-0.39, 0.29) is 16.1 Å². The predicted molar refractivity (Wildman–Crippen MR) is 75.4 cm³/mol. The summed E-state index contributed by atoms with van der Waals surface area (Å²) in [4.78, 5) is -0.156. The Kier molecular flexibility index (Phi) is 4.98. The van der Waals surface area contributed by atoms with Gasteiger partial charge in [0.1, 0.15) is 10.6 Å². The molecule has 0 heterocycles. The van der Waals surface area contributed by atoms with Gasteiger partial charge >= 0.3 is 0 Å². The van der Waals surface area contributed by atoms with E-state index in [1.54, 1.807) is 6.07 Å². The average molecular weight is 286 g/mol. The van der Waals surface area contributed by atoms with Gasteiger partial charge in [0.05, 0.1) is 6.61 Å². The van der Waals surface area contributed by atoms with Crippen LogP contribution in [0.15, 0.2) is 23.1 Å². The van der Waals surface area contributed by atoms with Crippen molar-refractivity contribution in [2.75, 3.05) is 6.61 Å². The Morgan fingerprint density at radius 2 is 1.89 bits per heavy atom. The molecular formula is C14H22O4S. The predicted octanol–water partition coefficient (Wildman–Crippen LogP) is 3.41. The van der Waals surface area contributed by atoms with E-state index in [1.165, 1.54) is 6.07 Å². The van der Waals surface area contributed by atoms with Crippen LogP contribution in [0.3, 0.4) is 0 Å². The summed E-state index contributed by atoms with van der Waals surface area (Å²) in [6.45, 7) is 8.40. The molecule has 0 saturated heterocycles. The molecule has 0 spiro atoms. The number of ether oxygens (including phenoxy) is 1. The van der Waals surface area contributed by atoms with Gasteiger partial charge in [-0.05, 0) is 29.5 Å². The van der Waals surface area contributed by atoms with Crippen molar-refractivity contribution < 1.29 is 17.7 Å². The van der Waals surface area contributed by atoms with Gasteiger partial charge in [-0.25, -0.2) is 0 Å². The molecule has 108 valence electrons. The first-order valence-electron chi connectivity index (χ1n) is 6.41. The lowest BCUT2D eigenvalue weighted by Gasteiger charge is -2.20. The topological polar surface area (TPSA) is 63.6 Å². The highest BCUT2D eigenvalue weighted by Crippen LogP contribution is 2.30. The van der Waals surface area contributed by atoms with Crippen LogP contribution in [0.2, 0.25) is 0 Å². The normalized spacial score (nSPS) is 12.5. The third-order valence-electron chi connectivity index (χ3n) is 2.84. The molecule has 0 unspecified atom stereocenters.